The lowest BCUT2D eigenvalue weighted by Gasteiger charge is -2.17. The molecular weight excluding hydrogens is 497 g/mol. The second kappa shape index (κ2) is 11.8. The number of hydrogen-bond acceptors (Lipinski definition) is 6. The first-order chi connectivity index (χ1) is 18.6. The van der Waals surface area contributed by atoms with E-state index in [1.807, 2.05) is 16.8 Å². The zero-order valence-electron chi connectivity index (χ0n) is 22.7. The molecule has 206 valence electrons. The molecule has 10 heteroatoms. The SMILES string of the molecule is C=C(F)/C=C(/NC(=O)c1ccc(CN2CC(C)C(c3nc4c(cnn4C(C)CCC)c(=O)[nH]3)C2)cc1)C(=C)N. The summed E-state index contributed by atoms with van der Waals surface area (Å²) in [6.45, 7) is 15.4. The van der Waals surface area contributed by atoms with Crippen LogP contribution in [0.5, 0.6) is 0 Å². The van der Waals surface area contributed by atoms with Crippen molar-refractivity contribution in [3.8, 4) is 0 Å². The highest BCUT2D eigenvalue weighted by Crippen LogP contribution is 2.31. The Kier molecular flexibility index (Phi) is 8.44. The van der Waals surface area contributed by atoms with Crippen LogP contribution in [0.3, 0.4) is 0 Å². The van der Waals surface area contributed by atoms with Crippen molar-refractivity contribution in [1.29, 1.82) is 0 Å². The number of nitrogens with zero attached hydrogens (tertiary/aromatic N) is 4. The van der Waals surface area contributed by atoms with Gasteiger partial charge in [-0.2, -0.15) is 5.10 Å². The van der Waals surface area contributed by atoms with Crippen LogP contribution < -0.4 is 16.6 Å². The van der Waals surface area contributed by atoms with Gasteiger partial charge < -0.3 is 16.0 Å². The molecule has 0 saturated carbocycles. The highest BCUT2D eigenvalue weighted by Gasteiger charge is 2.33. The van der Waals surface area contributed by atoms with E-state index < -0.39 is 11.7 Å². The van der Waals surface area contributed by atoms with E-state index in [9.17, 15) is 14.0 Å². The van der Waals surface area contributed by atoms with Crippen LogP contribution in [0.15, 0.2) is 71.7 Å². The van der Waals surface area contributed by atoms with Crippen LogP contribution in [0.2, 0.25) is 0 Å². The number of allylic oxidation sites excluding steroid dienone is 2. The van der Waals surface area contributed by atoms with Crippen molar-refractivity contribution in [2.75, 3.05) is 13.1 Å². The number of fused-ring (bicyclic) bond motifs is 1. The number of aromatic nitrogens is 4. The third-order valence-electron chi connectivity index (χ3n) is 7.16. The van der Waals surface area contributed by atoms with Gasteiger partial charge in [0.25, 0.3) is 11.5 Å². The highest BCUT2D eigenvalue weighted by atomic mass is 19.1. The van der Waals surface area contributed by atoms with Crippen LogP contribution in [-0.2, 0) is 6.54 Å². The Morgan fingerprint density at radius 2 is 2.03 bits per heavy atom. The molecule has 0 spiro atoms. The molecule has 3 heterocycles. The quantitative estimate of drug-likeness (QED) is 0.334. The molecule has 39 heavy (non-hydrogen) atoms. The number of H-pyrrole nitrogens is 1. The molecule has 3 atom stereocenters. The molecule has 4 N–H and O–H groups in total. The summed E-state index contributed by atoms with van der Waals surface area (Å²) in [5.74, 6) is -0.0901. The van der Waals surface area contributed by atoms with Gasteiger partial charge in [-0.25, -0.2) is 14.1 Å². The zero-order valence-corrected chi connectivity index (χ0v) is 22.7. The lowest BCUT2D eigenvalue weighted by Crippen LogP contribution is -2.26. The van der Waals surface area contributed by atoms with Gasteiger partial charge in [0.1, 0.15) is 17.0 Å². The van der Waals surface area contributed by atoms with Crippen molar-refractivity contribution in [2.45, 2.75) is 52.1 Å². The Balaban J connectivity index is 1.45. The molecule has 1 aliphatic rings. The van der Waals surface area contributed by atoms with Gasteiger partial charge in [-0.15, -0.1) is 0 Å². The zero-order chi connectivity index (χ0) is 28.3. The van der Waals surface area contributed by atoms with E-state index in [1.54, 1.807) is 18.3 Å². The summed E-state index contributed by atoms with van der Waals surface area (Å²) in [5.41, 5.74) is 7.67. The third-order valence-corrected chi connectivity index (χ3v) is 7.16. The number of halogens is 1. The molecule has 3 unspecified atom stereocenters. The smallest absolute Gasteiger partial charge is 0.262 e. The van der Waals surface area contributed by atoms with Crippen molar-refractivity contribution in [3.05, 3.63) is 94.2 Å². The van der Waals surface area contributed by atoms with Gasteiger partial charge in [0.2, 0.25) is 0 Å². The van der Waals surface area contributed by atoms with Gasteiger partial charge in [0, 0.05) is 36.8 Å². The summed E-state index contributed by atoms with van der Waals surface area (Å²) >= 11 is 0. The van der Waals surface area contributed by atoms with E-state index in [0.29, 0.717) is 34.9 Å². The van der Waals surface area contributed by atoms with Crippen LogP contribution >= 0.6 is 0 Å². The average molecular weight is 534 g/mol. The maximum atomic E-state index is 13.2. The summed E-state index contributed by atoms with van der Waals surface area (Å²) in [6, 6.07) is 7.38. The van der Waals surface area contributed by atoms with Crippen molar-refractivity contribution in [3.63, 3.8) is 0 Å². The first kappa shape index (κ1) is 28.0. The first-order valence-electron chi connectivity index (χ1n) is 13.2. The number of aromatic amines is 1. The van der Waals surface area contributed by atoms with Crippen LogP contribution in [0, 0.1) is 5.92 Å². The number of carbonyl (C=O) groups excluding carboxylic acids is 1. The topological polar surface area (TPSA) is 122 Å². The second-order valence-electron chi connectivity index (χ2n) is 10.4. The fourth-order valence-corrected chi connectivity index (χ4v) is 5.12. The Bertz CT molecular complexity index is 1470. The van der Waals surface area contributed by atoms with Gasteiger partial charge in [-0.3, -0.25) is 14.5 Å². The predicted molar refractivity (Wildman–Crippen MR) is 151 cm³/mol. The molecular formula is C29H36FN7O2. The lowest BCUT2D eigenvalue weighted by molar-refractivity contribution is 0.0966. The van der Waals surface area contributed by atoms with E-state index in [2.05, 4.69) is 54.2 Å². The van der Waals surface area contributed by atoms with Crippen LogP contribution in [0.1, 0.15) is 67.3 Å². The average Bonchev–Trinajstić information content (AvgIpc) is 3.47. The number of amides is 1. The summed E-state index contributed by atoms with van der Waals surface area (Å²) in [4.78, 5) is 35.6. The summed E-state index contributed by atoms with van der Waals surface area (Å²) in [7, 11) is 0. The molecule has 2 aromatic heterocycles. The maximum Gasteiger partial charge on any atom is 0.262 e. The largest absolute Gasteiger partial charge is 0.398 e. The van der Waals surface area contributed by atoms with E-state index in [0.717, 1.165) is 37.6 Å². The molecule has 0 radical (unpaired) electrons. The van der Waals surface area contributed by atoms with Crippen LogP contribution in [-0.4, -0.2) is 43.6 Å². The number of benzene rings is 1. The summed E-state index contributed by atoms with van der Waals surface area (Å²) < 4.78 is 15.0. The monoisotopic (exact) mass is 533 g/mol. The Morgan fingerprint density at radius 3 is 2.67 bits per heavy atom. The van der Waals surface area contributed by atoms with Crippen molar-refractivity contribution in [1.82, 2.24) is 30.0 Å². The van der Waals surface area contributed by atoms with E-state index in [1.165, 1.54) is 0 Å². The minimum Gasteiger partial charge on any atom is -0.398 e. The molecule has 9 nitrogen and oxygen atoms in total. The van der Waals surface area contributed by atoms with Gasteiger partial charge >= 0.3 is 0 Å². The predicted octanol–water partition coefficient (Wildman–Crippen LogP) is 4.29. The number of nitrogens with one attached hydrogen (secondary N) is 2. The highest BCUT2D eigenvalue weighted by molar-refractivity contribution is 5.95. The van der Waals surface area contributed by atoms with Crippen molar-refractivity contribution >= 4 is 16.9 Å². The van der Waals surface area contributed by atoms with Gasteiger partial charge in [0.05, 0.1) is 17.9 Å². The molecule has 1 aliphatic heterocycles. The third kappa shape index (κ3) is 6.34. The Morgan fingerprint density at radius 1 is 1.31 bits per heavy atom. The molecule has 4 rings (SSSR count). The fraction of sp³-hybridized carbons (Fsp3) is 0.379. The van der Waals surface area contributed by atoms with E-state index in [-0.39, 0.29) is 28.9 Å². The Hall–Kier alpha value is -4.05. The second-order valence-corrected chi connectivity index (χ2v) is 10.4. The van der Waals surface area contributed by atoms with Crippen molar-refractivity contribution < 1.29 is 9.18 Å². The number of nitrogens with two attached hydrogens (primary N) is 1. The van der Waals surface area contributed by atoms with Crippen molar-refractivity contribution in [2.24, 2.45) is 11.7 Å². The van der Waals surface area contributed by atoms with Gasteiger partial charge in [0.15, 0.2) is 5.65 Å². The van der Waals surface area contributed by atoms with Gasteiger partial charge in [-0.05, 0) is 43.0 Å². The molecule has 1 fully saturated rings. The molecule has 0 aliphatic carbocycles. The standard InChI is InChI=1S/C29H36FN7O2/c1-6-7-19(4)37-27-23(13-32-37)29(39)35-26(34-27)24-16-36(14-17(24)2)15-21-8-10-22(11-9-21)28(38)33-25(20(5)31)12-18(3)30/h8-13,17,19,24H,3,5-7,14-16,31H2,1-2,4H3,(H,33,38)(H,34,35,39)/b25-12+. The maximum absolute atomic E-state index is 13.2. The Labute approximate surface area is 227 Å². The summed E-state index contributed by atoms with van der Waals surface area (Å²) in [6.07, 6.45) is 4.61. The lowest BCUT2D eigenvalue weighted by atomic mass is 9.97. The van der Waals surface area contributed by atoms with Crippen LogP contribution in [0.4, 0.5) is 4.39 Å². The molecule has 0 bridgehead atoms. The number of likely N-dealkylation sites (tertiary alicyclic amines) is 1. The molecule has 1 saturated heterocycles. The molecule has 1 aromatic carbocycles. The molecule has 1 amide bonds. The number of rotatable bonds is 10. The van der Waals surface area contributed by atoms with Crippen LogP contribution in [0.25, 0.3) is 11.0 Å². The number of carbonyl (C=O) groups is 1. The minimum atomic E-state index is -0.735. The summed E-state index contributed by atoms with van der Waals surface area (Å²) in [5, 5.41) is 7.53. The minimum absolute atomic E-state index is 0.0337. The number of hydrogen-bond donors (Lipinski definition) is 3. The normalized spacial score (nSPS) is 18.8. The molecule has 3 aromatic rings. The van der Waals surface area contributed by atoms with E-state index >= 15 is 0 Å². The van der Waals surface area contributed by atoms with Gasteiger partial charge in [-0.1, -0.05) is 45.6 Å². The fourth-order valence-electron chi connectivity index (χ4n) is 5.12. The first-order valence-corrected chi connectivity index (χ1v) is 13.2. The van der Waals surface area contributed by atoms with E-state index in [4.69, 9.17) is 10.7 Å².